The molecule has 0 bridgehead atoms. The number of rotatable bonds is 6. The molecule has 0 spiro atoms. The summed E-state index contributed by atoms with van der Waals surface area (Å²) in [5, 5.41) is 5.97. The van der Waals surface area contributed by atoms with Gasteiger partial charge in [0.25, 0.3) is 5.91 Å². The van der Waals surface area contributed by atoms with E-state index in [0.717, 1.165) is 6.08 Å². The van der Waals surface area contributed by atoms with Crippen LogP contribution in [0.4, 0.5) is 11.4 Å². The number of halogens is 1. The first kappa shape index (κ1) is 20.0. The number of carbonyl (C=O) groups excluding carboxylic acids is 3. The molecule has 0 saturated carbocycles. The molecule has 8 heteroatoms. The zero-order valence-corrected chi connectivity index (χ0v) is 15.4. The lowest BCUT2D eigenvalue weighted by atomic mass is 10.1. The zero-order valence-electron chi connectivity index (χ0n) is 14.6. The van der Waals surface area contributed by atoms with Crippen LogP contribution in [0.1, 0.15) is 10.4 Å². The predicted molar refractivity (Wildman–Crippen MR) is 102 cm³/mol. The van der Waals surface area contributed by atoms with E-state index in [1.54, 1.807) is 42.5 Å². The Morgan fingerprint density at radius 2 is 1.59 bits per heavy atom. The average Bonchev–Trinajstić information content (AvgIpc) is 2.67. The van der Waals surface area contributed by atoms with E-state index in [-0.39, 0.29) is 11.6 Å². The lowest BCUT2D eigenvalue weighted by molar-refractivity contribution is -0.138. The van der Waals surface area contributed by atoms with Gasteiger partial charge in [0.15, 0.2) is 0 Å². The fourth-order valence-corrected chi connectivity index (χ4v) is 2.29. The van der Waals surface area contributed by atoms with E-state index in [1.807, 2.05) is 0 Å². The first-order valence-corrected chi connectivity index (χ1v) is 8.12. The van der Waals surface area contributed by atoms with E-state index in [0.29, 0.717) is 22.0 Å². The highest BCUT2D eigenvalue weighted by atomic mass is 35.5. The number of nitrogens with one attached hydrogen (secondary N) is 2. The van der Waals surface area contributed by atoms with Gasteiger partial charge in [-0.3, -0.25) is 4.79 Å². The molecule has 0 saturated heterocycles. The summed E-state index contributed by atoms with van der Waals surface area (Å²) in [6.07, 6.45) is 0.963. The van der Waals surface area contributed by atoms with Crippen LogP contribution in [0.25, 0.3) is 0 Å². The Kier molecular flexibility index (Phi) is 6.96. The van der Waals surface area contributed by atoms with Gasteiger partial charge >= 0.3 is 11.9 Å². The molecule has 0 fully saturated rings. The van der Waals surface area contributed by atoms with Crippen molar-refractivity contribution in [2.45, 2.75) is 0 Å². The fraction of sp³-hybridized carbons (Fsp3) is 0.105. The second-order valence-corrected chi connectivity index (χ2v) is 5.68. The van der Waals surface area contributed by atoms with E-state index in [4.69, 9.17) is 11.6 Å². The van der Waals surface area contributed by atoms with Gasteiger partial charge in [-0.05, 0) is 36.4 Å². The molecular weight excluding hydrogens is 372 g/mol. The van der Waals surface area contributed by atoms with E-state index >= 15 is 0 Å². The smallest absolute Gasteiger partial charge is 0.354 e. The summed E-state index contributed by atoms with van der Waals surface area (Å²) in [6.45, 7) is 0. The Morgan fingerprint density at radius 3 is 2.22 bits per heavy atom. The Balaban J connectivity index is 2.20. The van der Waals surface area contributed by atoms with E-state index < -0.39 is 11.9 Å². The lowest BCUT2D eigenvalue weighted by Crippen LogP contribution is -2.16. The molecule has 2 N–H and O–H groups in total. The largest absolute Gasteiger partial charge is 0.466 e. The van der Waals surface area contributed by atoms with Gasteiger partial charge in [0.2, 0.25) is 0 Å². The number of carbonyl (C=O) groups is 3. The maximum Gasteiger partial charge on any atom is 0.354 e. The Hall–Kier alpha value is -3.32. The Bertz CT molecular complexity index is 895. The van der Waals surface area contributed by atoms with Crippen LogP contribution < -0.4 is 10.6 Å². The molecule has 0 aliphatic heterocycles. The molecule has 27 heavy (non-hydrogen) atoms. The summed E-state index contributed by atoms with van der Waals surface area (Å²) in [4.78, 5) is 35.6. The number of hydrogen-bond donors (Lipinski definition) is 2. The minimum atomic E-state index is -0.755. The molecule has 140 valence electrons. The molecule has 2 aromatic carbocycles. The number of amides is 1. The minimum absolute atomic E-state index is 0.128. The van der Waals surface area contributed by atoms with E-state index in [2.05, 4.69) is 20.1 Å². The fourth-order valence-electron chi connectivity index (χ4n) is 2.10. The maximum atomic E-state index is 12.4. The second kappa shape index (κ2) is 9.40. The Morgan fingerprint density at radius 1 is 0.926 bits per heavy atom. The van der Waals surface area contributed by atoms with Gasteiger partial charge < -0.3 is 20.1 Å². The molecule has 1 amide bonds. The lowest BCUT2D eigenvalue weighted by Gasteiger charge is -2.11. The molecule has 0 aliphatic rings. The highest BCUT2D eigenvalue weighted by Crippen LogP contribution is 2.18. The third-order valence-corrected chi connectivity index (χ3v) is 3.59. The van der Waals surface area contributed by atoms with Crippen molar-refractivity contribution in [2.24, 2.45) is 0 Å². The normalized spacial score (nSPS) is 10.7. The van der Waals surface area contributed by atoms with Crippen LogP contribution in [-0.4, -0.2) is 32.1 Å². The number of anilines is 2. The number of ether oxygens (including phenoxy) is 2. The molecule has 2 rings (SSSR count). The molecule has 0 heterocycles. The second-order valence-electron chi connectivity index (χ2n) is 5.24. The van der Waals surface area contributed by atoms with Gasteiger partial charge in [0.1, 0.15) is 5.70 Å². The van der Waals surface area contributed by atoms with Crippen molar-refractivity contribution in [3.63, 3.8) is 0 Å². The van der Waals surface area contributed by atoms with Crippen LogP contribution in [-0.2, 0) is 19.1 Å². The Labute approximate surface area is 160 Å². The van der Waals surface area contributed by atoms with Crippen molar-refractivity contribution < 1.29 is 23.9 Å². The quantitative estimate of drug-likeness (QED) is 0.583. The predicted octanol–water partition coefficient (Wildman–Crippen LogP) is 3.23. The van der Waals surface area contributed by atoms with E-state index in [9.17, 15) is 14.4 Å². The van der Waals surface area contributed by atoms with E-state index in [1.165, 1.54) is 20.3 Å². The first-order valence-electron chi connectivity index (χ1n) is 7.75. The van der Waals surface area contributed by atoms with Crippen LogP contribution in [0.15, 0.2) is 60.3 Å². The van der Waals surface area contributed by atoms with Gasteiger partial charge in [-0.1, -0.05) is 23.7 Å². The van der Waals surface area contributed by atoms with Gasteiger partial charge in [-0.25, -0.2) is 9.59 Å². The molecule has 0 unspecified atom stereocenters. The highest BCUT2D eigenvalue weighted by molar-refractivity contribution is 6.31. The third-order valence-electron chi connectivity index (χ3n) is 3.35. The van der Waals surface area contributed by atoms with Crippen LogP contribution in [0.2, 0.25) is 5.02 Å². The molecule has 2 aromatic rings. The molecule has 0 aliphatic carbocycles. The van der Waals surface area contributed by atoms with Crippen molar-refractivity contribution in [3.8, 4) is 0 Å². The summed E-state index contributed by atoms with van der Waals surface area (Å²) in [5.74, 6) is -1.84. The van der Waals surface area contributed by atoms with Gasteiger partial charge in [-0.15, -0.1) is 0 Å². The van der Waals surface area contributed by atoms with Gasteiger partial charge in [0, 0.05) is 22.0 Å². The summed E-state index contributed by atoms with van der Waals surface area (Å²) >= 11 is 5.90. The van der Waals surface area contributed by atoms with Crippen molar-refractivity contribution >= 4 is 40.8 Å². The molecule has 7 nitrogen and oxygen atoms in total. The van der Waals surface area contributed by atoms with Crippen molar-refractivity contribution in [2.75, 3.05) is 24.9 Å². The number of methoxy groups -OCH3 is 2. The SMILES string of the molecule is COC(=O)/C=C(/Nc1cccc(C(=O)Nc2cccc(Cl)c2)c1)C(=O)OC. The van der Waals surface area contributed by atoms with Crippen LogP contribution >= 0.6 is 11.6 Å². The maximum absolute atomic E-state index is 12.4. The summed E-state index contributed by atoms with van der Waals surface area (Å²) in [7, 11) is 2.37. The summed E-state index contributed by atoms with van der Waals surface area (Å²) < 4.78 is 9.14. The minimum Gasteiger partial charge on any atom is -0.466 e. The molecule has 0 radical (unpaired) electrons. The van der Waals surface area contributed by atoms with Crippen LogP contribution in [0.5, 0.6) is 0 Å². The summed E-state index contributed by atoms with van der Waals surface area (Å²) in [6, 6.07) is 13.1. The van der Waals surface area contributed by atoms with Crippen molar-refractivity contribution in [3.05, 3.63) is 70.9 Å². The molecule has 0 atom stereocenters. The zero-order chi connectivity index (χ0) is 19.8. The van der Waals surface area contributed by atoms with Gasteiger partial charge in [-0.2, -0.15) is 0 Å². The number of hydrogen-bond acceptors (Lipinski definition) is 6. The monoisotopic (exact) mass is 388 g/mol. The average molecular weight is 389 g/mol. The topological polar surface area (TPSA) is 93.7 Å². The van der Waals surface area contributed by atoms with Crippen LogP contribution in [0, 0.1) is 0 Å². The standard InChI is InChI=1S/C19H17ClN2O5/c1-26-17(23)11-16(19(25)27-2)21-14-7-3-5-12(9-14)18(24)22-15-8-4-6-13(20)10-15/h3-11,21H,1-2H3,(H,22,24)/b16-11+. The molecule has 0 aromatic heterocycles. The number of benzene rings is 2. The van der Waals surface area contributed by atoms with Crippen molar-refractivity contribution in [1.29, 1.82) is 0 Å². The summed E-state index contributed by atoms with van der Waals surface area (Å²) in [5.41, 5.74) is 1.17. The molecular formula is C19H17ClN2O5. The van der Waals surface area contributed by atoms with Gasteiger partial charge in [0.05, 0.1) is 20.3 Å². The first-order chi connectivity index (χ1) is 12.9. The van der Waals surface area contributed by atoms with Crippen LogP contribution in [0.3, 0.4) is 0 Å². The van der Waals surface area contributed by atoms with Crippen molar-refractivity contribution in [1.82, 2.24) is 0 Å². The number of esters is 2. The highest BCUT2D eigenvalue weighted by Gasteiger charge is 2.14. The third kappa shape index (κ3) is 5.86.